The fourth-order valence-electron chi connectivity index (χ4n) is 20.7. The summed E-state index contributed by atoms with van der Waals surface area (Å²) >= 11 is 5.55. The number of hydrogen-bond donors (Lipinski definition) is 0. The Kier molecular flexibility index (Phi) is 15.2. The molecule has 2 spiro atoms. The van der Waals surface area contributed by atoms with E-state index in [2.05, 4.69) is 406 Å². The van der Waals surface area contributed by atoms with Gasteiger partial charge in [-0.15, -0.1) is 0 Å². The lowest BCUT2D eigenvalue weighted by Crippen LogP contribution is -2.56. The number of benzene rings is 15. The van der Waals surface area contributed by atoms with Gasteiger partial charge in [0.05, 0.1) is 38.2 Å². The molecule has 6 aliphatic rings. The molecule has 0 fully saturated rings. The Balaban J connectivity index is 1.01. The van der Waals surface area contributed by atoms with Crippen LogP contribution in [0.3, 0.4) is 0 Å². The SMILES string of the molecule is CC(C)(C)c1ccc2c(c1)C13c4cc(ccc4-2)C(C)(C)[N+]2(c4ccc(-c5ccccc5)cc4Sc4cc(-c5ccccc5)ccc42)c2c(N4c5ccc(-c6ccccc6)cc5Sc5cc(-c6ccccc6)ccc54)c(C#N)c(N4c5ccc(-c6ccccc6)cc5Sc5cc(-c6ccccc6)ccc54)c(c2C1(C)C)C3(C)C. The Hall–Kier alpha value is -11.6. The van der Waals surface area contributed by atoms with Gasteiger partial charge in [-0.25, -0.2) is 4.48 Å². The van der Waals surface area contributed by atoms with E-state index in [1.165, 1.54) is 44.5 Å². The van der Waals surface area contributed by atoms with E-state index in [-0.39, 0.29) is 9.90 Å². The van der Waals surface area contributed by atoms with Crippen LogP contribution in [0.15, 0.2) is 357 Å². The van der Waals surface area contributed by atoms with Crippen molar-refractivity contribution in [2.24, 2.45) is 0 Å². The van der Waals surface area contributed by atoms with Gasteiger partial charge < -0.3 is 9.80 Å². The van der Waals surface area contributed by atoms with Crippen molar-refractivity contribution in [3.05, 3.63) is 367 Å². The first-order valence-electron chi connectivity index (χ1n) is 39.1. The summed E-state index contributed by atoms with van der Waals surface area (Å²) in [5, 5.41) is 14.2. The van der Waals surface area contributed by atoms with Crippen LogP contribution in [0.2, 0.25) is 0 Å². The first-order chi connectivity index (χ1) is 54.4. The zero-order valence-corrected chi connectivity index (χ0v) is 66.6. The summed E-state index contributed by atoms with van der Waals surface area (Å²) in [7, 11) is 0. The lowest BCUT2D eigenvalue weighted by atomic mass is 9.52. The van der Waals surface area contributed by atoms with Gasteiger partial charge in [-0.1, -0.05) is 320 Å². The predicted octanol–water partition coefficient (Wildman–Crippen LogP) is 29.9. The van der Waals surface area contributed by atoms with E-state index >= 15 is 0 Å². The quantitative estimate of drug-likeness (QED) is 0.141. The monoisotopic (exact) mass is 1490 g/mol. The van der Waals surface area contributed by atoms with E-state index in [9.17, 15) is 5.26 Å². The summed E-state index contributed by atoms with van der Waals surface area (Å²) in [5.74, 6) is 0. The molecular formula is C105H81N4S3+. The van der Waals surface area contributed by atoms with Crippen LogP contribution in [-0.4, -0.2) is 0 Å². The van der Waals surface area contributed by atoms with Crippen molar-refractivity contribution in [3.63, 3.8) is 0 Å². The summed E-state index contributed by atoms with van der Waals surface area (Å²) in [6.45, 7) is 22.6. The maximum absolute atomic E-state index is 14.2. The Morgan fingerprint density at radius 3 is 1.01 bits per heavy atom. The molecular weight excluding hydrogens is 1410 g/mol. The summed E-state index contributed by atoms with van der Waals surface area (Å²) in [4.78, 5) is 11.9. The Morgan fingerprint density at radius 2 is 0.643 bits per heavy atom. The van der Waals surface area contributed by atoms with Gasteiger partial charge >= 0.3 is 0 Å². The molecule has 4 aliphatic heterocycles. The minimum absolute atomic E-state index is 0.196. The third-order valence-corrected chi connectivity index (χ3v) is 29.0. The fraction of sp³-hybridized carbons (Fsp3) is 0.133. The number of fused-ring (bicyclic) bond motifs is 12. The van der Waals surface area contributed by atoms with Gasteiger partial charge in [-0.3, -0.25) is 0 Å². The van der Waals surface area contributed by atoms with Crippen LogP contribution in [0, 0.1) is 11.3 Å². The highest BCUT2D eigenvalue weighted by Crippen LogP contribution is 2.80. The predicted molar refractivity (Wildman–Crippen MR) is 470 cm³/mol. The van der Waals surface area contributed by atoms with Gasteiger partial charge in [-0.2, -0.15) is 5.26 Å². The third-order valence-electron chi connectivity index (χ3n) is 25.7. The van der Waals surface area contributed by atoms with Crippen LogP contribution < -0.4 is 14.3 Å². The minimum atomic E-state index is -0.886. The van der Waals surface area contributed by atoms with Gasteiger partial charge in [0, 0.05) is 59.1 Å². The molecule has 1 atom stereocenters. The van der Waals surface area contributed by atoms with Crippen LogP contribution in [-0.2, 0) is 27.2 Å². The summed E-state index contributed by atoms with van der Waals surface area (Å²) in [6, 6.07) is 127. The molecule has 15 aromatic rings. The lowest BCUT2D eigenvalue weighted by Gasteiger charge is -2.54. The number of rotatable bonds is 8. The molecule has 4 heterocycles. The second-order valence-electron chi connectivity index (χ2n) is 33.6. The van der Waals surface area contributed by atoms with Crippen LogP contribution in [0.25, 0.3) is 77.9 Å². The topological polar surface area (TPSA) is 30.3 Å². The van der Waals surface area contributed by atoms with Gasteiger partial charge in [0.2, 0.25) is 0 Å². The molecule has 0 saturated heterocycles. The standard InChI is InChI=1S/C105H81N4S3/c1-101(2,3)77-46-48-79-80-49-47-78-63-83(80)105(82(79)62-77)102(4,5)96-97(103(105,6)7)100(109(104(78,8)9)88-54-44-75(69-36-24-14-25-37-69)60-94(88)112-95-61-76(45-55-89(95)109)70-38-26-15-27-39-70)99(108-86-52-42-73(67-32-20-12-21-33-67)58-92(86)111-93-59-74(43-53-87(93)108)68-34-22-13-23-35-68)81(64-106)98(96)107-84-50-40-71(65-28-16-10-17-29-65)56-90(84)110-91-57-72(41-51-85(91)107)66-30-18-11-19-31-66/h10-63H,1-9H3/q+1. The summed E-state index contributed by atoms with van der Waals surface area (Å²) in [5.41, 5.74) is 30.1. The Labute approximate surface area is 670 Å². The van der Waals surface area contributed by atoms with E-state index in [1.807, 2.05) is 35.3 Å². The molecule has 7 heteroatoms. The molecule has 4 nitrogen and oxygen atoms in total. The first kappa shape index (κ1) is 68.4. The number of nitriles is 1. The van der Waals surface area contributed by atoms with E-state index < -0.39 is 21.8 Å². The van der Waals surface area contributed by atoms with Crippen molar-refractivity contribution in [1.82, 2.24) is 4.48 Å². The smallest absolute Gasteiger partial charge is 0.173 e. The van der Waals surface area contributed by atoms with Crippen LogP contribution in [0.5, 0.6) is 0 Å². The number of hydrogen-bond acceptors (Lipinski definition) is 6. The zero-order valence-electron chi connectivity index (χ0n) is 64.2. The molecule has 15 aromatic carbocycles. The van der Waals surface area contributed by atoms with Gasteiger partial charge in [0.25, 0.3) is 0 Å². The average Bonchev–Trinajstić information content (AvgIpc) is 1.44. The van der Waals surface area contributed by atoms with Crippen molar-refractivity contribution in [3.8, 4) is 84.0 Å². The van der Waals surface area contributed by atoms with E-state index in [0.717, 1.165) is 147 Å². The van der Waals surface area contributed by atoms with E-state index in [1.54, 1.807) is 0 Å². The molecule has 0 aromatic heterocycles. The van der Waals surface area contributed by atoms with Crippen molar-refractivity contribution in [2.75, 3.05) is 9.80 Å². The molecule has 112 heavy (non-hydrogen) atoms. The molecule has 538 valence electrons. The maximum atomic E-state index is 14.2. The molecule has 2 aliphatic carbocycles. The number of nitrogens with zero attached hydrogens (tertiary/aromatic N) is 4. The van der Waals surface area contributed by atoms with Crippen molar-refractivity contribution in [1.29, 1.82) is 5.26 Å². The molecule has 4 bridgehead atoms. The van der Waals surface area contributed by atoms with E-state index in [0.29, 0.717) is 5.56 Å². The highest BCUT2D eigenvalue weighted by Gasteiger charge is 2.73. The van der Waals surface area contributed by atoms with E-state index in [4.69, 9.17) is 0 Å². The molecule has 0 N–H and O–H groups in total. The first-order valence-corrected chi connectivity index (χ1v) is 41.5. The van der Waals surface area contributed by atoms with Crippen molar-refractivity contribution >= 4 is 86.5 Å². The van der Waals surface area contributed by atoms with Crippen molar-refractivity contribution < 1.29 is 0 Å². The number of anilines is 6. The Bertz CT molecular complexity index is 6230. The second kappa shape index (κ2) is 25.0. The van der Waals surface area contributed by atoms with Crippen molar-refractivity contribution in [2.45, 2.75) is 119 Å². The van der Waals surface area contributed by atoms with Gasteiger partial charge in [-0.05, 0) is 198 Å². The van der Waals surface area contributed by atoms with Gasteiger partial charge in [0.15, 0.2) is 17.1 Å². The third kappa shape index (κ3) is 9.63. The Morgan fingerprint density at radius 1 is 0.321 bits per heavy atom. The molecule has 21 rings (SSSR count). The van der Waals surface area contributed by atoms with Gasteiger partial charge in [0.1, 0.15) is 22.9 Å². The summed E-state index contributed by atoms with van der Waals surface area (Å²) < 4.78 is 0.215. The van der Waals surface area contributed by atoms with Crippen LogP contribution >= 0.6 is 35.3 Å². The number of quaternary nitrogens is 1. The minimum Gasteiger partial charge on any atom is -0.306 e. The largest absolute Gasteiger partial charge is 0.306 e. The lowest BCUT2D eigenvalue weighted by molar-refractivity contribution is 0.230. The van der Waals surface area contributed by atoms with Crippen LogP contribution in [0.1, 0.15) is 101 Å². The maximum Gasteiger partial charge on any atom is 0.173 e. The highest BCUT2D eigenvalue weighted by atomic mass is 32.2. The highest BCUT2D eigenvalue weighted by molar-refractivity contribution is 8.00. The second-order valence-corrected chi connectivity index (χ2v) is 36.8. The summed E-state index contributed by atoms with van der Waals surface area (Å²) in [6.07, 6.45) is 0. The normalized spacial score (nSPS) is 16.8. The molecule has 1 unspecified atom stereocenters. The fourth-order valence-corrected chi connectivity index (χ4v) is 24.2. The molecule has 0 saturated carbocycles. The van der Waals surface area contributed by atoms with Crippen LogP contribution in [0.4, 0.5) is 51.2 Å². The molecule has 0 amide bonds. The average molecular weight is 1500 g/mol. The molecule has 0 radical (unpaired) electrons. The zero-order chi connectivity index (χ0) is 76.0.